The fourth-order valence-corrected chi connectivity index (χ4v) is 3.45. The van der Waals surface area contributed by atoms with Gasteiger partial charge in [0.15, 0.2) is 0 Å². The molecule has 126 valence electrons. The average molecular weight is 331 g/mol. The predicted molar refractivity (Wildman–Crippen MR) is 102 cm³/mol. The number of aromatic hydroxyl groups is 1. The van der Waals surface area contributed by atoms with Crippen molar-refractivity contribution in [1.82, 2.24) is 14.9 Å². The SMILES string of the molecule is CN(C)C(Cc1ccccc1)c1nccc2c1[nH]c1ccc(O)cc12. The maximum absolute atomic E-state index is 9.83. The van der Waals surface area contributed by atoms with Crippen LogP contribution in [0.4, 0.5) is 0 Å². The third kappa shape index (κ3) is 2.85. The van der Waals surface area contributed by atoms with Gasteiger partial charge in [-0.15, -0.1) is 0 Å². The van der Waals surface area contributed by atoms with Crippen LogP contribution in [-0.2, 0) is 6.42 Å². The molecule has 0 aliphatic carbocycles. The molecule has 0 bridgehead atoms. The third-order valence-electron chi connectivity index (χ3n) is 4.74. The molecule has 4 nitrogen and oxygen atoms in total. The lowest BCUT2D eigenvalue weighted by molar-refractivity contribution is 0.293. The van der Waals surface area contributed by atoms with Gasteiger partial charge < -0.3 is 15.0 Å². The monoisotopic (exact) mass is 331 g/mol. The van der Waals surface area contributed by atoms with Crippen LogP contribution in [0.1, 0.15) is 17.3 Å². The largest absolute Gasteiger partial charge is 0.508 e. The molecule has 4 rings (SSSR count). The second-order valence-corrected chi connectivity index (χ2v) is 6.64. The average Bonchev–Trinajstić information content (AvgIpc) is 2.98. The number of aromatic amines is 1. The number of rotatable bonds is 4. The zero-order valence-electron chi connectivity index (χ0n) is 14.4. The zero-order valence-corrected chi connectivity index (χ0v) is 14.4. The number of phenols is 1. The van der Waals surface area contributed by atoms with Crippen LogP contribution < -0.4 is 0 Å². The van der Waals surface area contributed by atoms with E-state index in [1.54, 1.807) is 12.1 Å². The van der Waals surface area contributed by atoms with Gasteiger partial charge in [0.25, 0.3) is 0 Å². The third-order valence-corrected chi connectivity index (χ3v) is 4.74. The molecule has 0 saturated carbocycles. The van der Waals surface area contributed by atoms with Gasteiger partial charge in [-0.1, -0.05) is 30.3 Å². The number of aromatic nitrogens is 2. The summed E-state index contributed by atoms with van der Waals surface area (Å²) in [6.07, 6.45) is 2.75. The van der Waals surface area contributed by atoms with Crippen LogP contribution in [0, 0.1) is 0 Å². The van der Waals surface area contributed by atoms with Crippen molar-refractivity contribution in [3.05, 3.63) is 72.1 Å². The minimum absolute atomic E-state index is 0.160. The van der Waals surface area contributed by atoms with Crippen molar-refractivity contribution < 1.29 is 5.11 Å². The van der Waals surface area contributed by atoms with Crippen LogP contribution in [0.3, 0.4) is 0 Å². The first-order chi connectivity index (χ1) is 12.1. The molecule has 0 aliphatic heterocycles. The Bertz CT molecular complexity index is 1020. The second-order valence-electron chi connectivity index (χ2n) is 6.64. The normalized spacial score (nSPS) is 12.9. The topological polar surface area (TPSA) is 52.2 Å². The minimum atomic E-state index is 0.160. The van der Waals surface area contributed by atoms with E-state index >= 15 is 0 Å². The van der Waals surface area contributed by atoms with Crippen molar-refractivity contribution in [2.45, 2.75) is 12.5 Å². The molecule has 0 spiro atoms. The highest BCUT2D eigenvalue weighted by atomic mass is 16.3. The summed E-state index contributed by atoms with van der Waals surface area (Å²) >= 11 is 0. The molecule has 0 aliphatic rings. The lowest BCUT2D eigenvalue weighted by atomic mass is 10.0. The molecule has 4 aromatic rings. The Morgan fingerprint density at radius 3 is 2.60 bits per heavy atom. The van der Waals surface area contributed by atoms with Crippen molar-refractivity contribution in [2.24, 2.45) is 0 Å². The fraction of sp³-hybridized carbons (Fsp3) is 0.190. The molecule has 2 heterocycles. The highest BCUT2D eigenvalue weighted by Gasteiger charge is 2.21. The van der Waals surface area contributed by atoms with Crippen LogP contribution in [0.2, 0.25) is 0 Å². The molecular weight excluding hydrogens is 310 g/mol. The number of hydrogen-bond acceptors (Lipinski definition) is 3. The van der Waals surface area contributed by atoms with Crippen LogP contribution in [-0.4, -0.2) is 34.1 Å². The van der Waals surface area contributed by atoms with Gasteiger partial charge in [0, 0.05) is 22.5 Å². The number of H-pyrrole nitrogens is 1. The zero-order chi connectivity index (χ0) is 17.4. The maximum atomic E-state index is 9.83. The number of phenolic OH excluding ortho intramolecular Hbond substituents is 1. The van der Waals surface area contributed by atoms with Gasteiger partial charge in [-0.2, -0.15) is 0 Å². The van der Waals surface area contributed by atoms with Gasteiger partial charge in [0.05, 0.1) is 17.3 Å². The first kappa shape index (κ1) is 15.7. The van der Waals surface area contributed by atoms with Gasteiger partial charge in [0.1, 0.15) is 5.75 Å². The van der Waals surface area contributed by atoms with Crippen LogP contribution in [0.25, 0.3) is 21.8 Å². The highest BCUT2D eigenvalue weighted by Crippen LogP contribution is 2.33. The van der Waals surface area contributed by atoms with Crippen molar-refractivity contribution in [2.75, 3.05) is 14.1 Å². The molecule has 25 heavy (non-hydrogen) atoms. The van der Waals surface area contributed by atoms with E-state index in [0.717, 1.165) is 33.9 Å². The number of hydrogen-bond donors (Lipinski definition) is 2. The molecular formula is C21H21N3O. The van der Waals surface area contributed by atoms with Crippen molar-refractivity contribution in [3.63, 3.8) is 0 Å². The summed E-state index contributed by atoms with van der Waals surface area (Å²) in [6, 6.07) is 18.1. The summed E-state index contributed by atoms with van der Waals surface area (Å²) in [5.41, 5.74) is 4.37. The van der Waals surface area contributed by atoms with E-state index in [-0.39, 0.29) is 11.8 Å². The molecule has 2 aromatic heterocycles. The van der Waals surface area contributed by atoms with Gasteiger partial charge in [-0.05, 0) is 50.3 Å². The van der Waals surface area contributed by atoms with Gasteiger partial charge >= 0.3 is 0 Å². The lowest BCUT2D eigenvalue weighted by Crippen LogP contribution is -2.23. The summed E-state index contributed by atoms with van der Waals surface area (Å²) in [5, 5.41) is 11.9. The van der Waals surface area contributed by atoms with Crippen molar-refractivity contribution >= 4 is 21.8 Å². The Balaban J connectivity index is 1.87. The Kier molecular flexibility index (Phi) is 3.90. The van der Waals surface area contributed by atoms with E-state index in [4.69, 9.17) is 4.98 Å². The fourth-order valence-electron chi connectivity index (χ4n) is 3.45. The molecule has 4 heteroatoms. The molecule has 2 aromatic carbocycles. The number of nitrogens with zero attached hydrogens (tertiary/aromatic N) is 2. The Morgan fingerprint density at radius 2 is 1.84 bits per heavy atom. The van der Waals surface area contributed by atoms with Crippen LogP contribution >= 0.6 is 0 Å². The lowest BCUT2D eigenvalue weighted by Gasteiger charge is -2.24. The quantitative estimate of drug-likeness (QED) is 0.587. The molecule has 0 amide bonds. The first-order valence-electron chi connectivity index (χ1n) is 8.43. The molecule has 1 unspecified atom stereocenters. The van der Waals surface area contributed by atoms with Gasteiger partial charge in [-0.3, -0.25) is 4.98 Å². The van der Waals surface area contributed by atoms with Crippen LogP contribution in [0.5, 0.6) is 5.75 Å². The highest BCUT2D eigenvalue weighted by molar-refractivity contribution is 6.08. The minimum Gasteiger partial charge on any atom is -0.508 e. The standard InChI is InChI=1S/C21H21N3O/c1-24(2)19(12-14-6-4-3-5-7-14)21-20-16(10-11-22-21)17-13-15(25)8-9-18(17)23-20/h3-11,13,19,23,25H,12H2,1-2H3. The van der Waals surface area contributed by atoms with E-state index in [0.29, 0.717) is 0 Å². The summed E-state index contributed by atoms with van der Waals surface area (Å²) in [7, 11) is 4.17. The summed E-state index contributed by atoms with van der Waals surface area (Å²) in [4.78, 5) is 10.4. The predicted octanol–water partition coefficient (Wildman–Crippen LogP) is 4.27. The maximum Gasteiger partial charge on any atom is 0.116 e. The van der Waals surface area contributed by atoms with Crippen LogP contribution in [0.15, 0.2) is 60.8 Å². The number of benzene rings is 2. The molecule has 2 N–H and O–H groups in total. The van der Waals surface area contributed by atoms with Crippen molar-refractivity contribution in [3.8, 4) is 5.75 Å². The Hall–Kier alpha value is -2.85. The van der Waals surface area contributed by atoms with E-state index in [9.17, 15) is 5.11 Å². The number of fused-ring (bicyclic) bond motifs is 3. The Labute approximate surface area is 146 Å². The van der Waals surface area contributed by atoms with E-state index < -0.39 is 0 Å². The molecule has 0 saturated heterocycles. The van der Waals surface area contributed by atoms with E-state index in [1.165, 1.54) is 5.56 Å². The Morgan fingerprint density at radius 1 is 1.04 bits per heavy atom. The molecule has 1 atom stereocenters. The summed E-state index contributed by atoms with van der Waals surface area (Å²) in [6.45, 7) is 0. The number of nitrogens with one attached hydrogen (secondary N) is 1. The summed E-state index contributed by atoms with van der Waals surface area (Å²) < 4.78 is 0. The van der Waals surface area contributed by atoms with Crippen molar-refractivity contribution in [1.29, 1.82) is 0 Å². The van der Waals surface area contributed by atoms with Gasteiger partial charge in [0.2, 0.25) is 0 Å². The van der Waals surface area contributed by atoms with Gasteiger partial charge in [-0.25, -0.2) is 0 Å². The molecule has 0 fully saturated rings. The smallest absolute Gasteiger partial charge is 0.116 e. The number of pyridine rings is 1. The molecule has 0 radical (unpaired) electrons. The van der Waals surface area contributed by atoms with E-state index in [1.807, 2.05) is 24.4 Å². The summed E-state index contributed by atoms with van der Waals surface area (Å²) in [5.74, 6) is 0.278. The first-order valence-corrected chi connectivity index (χ1v) is 8.43. The second kappa shape index (κ2) is 6.22. The number of likely N-dealkylation sites (N-methyl/N-ethyl adjacent to an activating group) is 1. The van der Waals surface area contributed by atoms with E-state index in [2.05, 4.69) is 48.2 Å².